The Morgan fingerprint density at radius 3 is 2.76 bits per heavy atom. The van der Waals surface area contributed by atoms with E-state index >= 15 is 0 Å². The Hall–Kier alpha value is -2.27. The van der Waals surface area contributed by atoms with Crippen LogP contribution >= 0.6 is 11.6 Å². The number of anilines is 1. The number of amidine groups is 1. The van der Waals surface area contributed by atoms with Crippen molar-refractivity contribution in [3.05, 3.63) is 58.7 Å². The number of nitrogens with two attached hydrogens (primary N) is 1. The van der Waals surface area contributed by atoms with Crippen LogP contribution in [-0.4, -0.2) is 23.1 Å². The SMILES string of the molecule is CC(c1ccccc1Cl)N(C)c1cc(C(N)=NO)ccn1. The number of oxime groups is 1. The van der Waals surface area contributed by atoms with Crippen molar-refractivity contribution in [2.45, 2.75) is 13.0 Å². The lowest BCUT2D eigenvalue weighted by Crippen LogP contribution is -2.23. The zero-order chi connectivity index (χ0) is 15.4. The summed E-state index contributed by atoms with van der Waals surface area (Å²) in [5.41, 5.74) is 7.23. The van der Waals surface area contributed by atoms with E-state index in [9.17, 15) is 0 Å². The number of rotatable bonds is 4. The molecule has 0 spiro atoms. The molecule has 0 saturated heterocycles. The molecule has 1 heterocycles. The van der Waals surface area contributed by atoms with Crippen molar-refractivity contribution in [1.82, 2.24) is 4.98 Å². The third-order valence-corrected chi connectivity index (χ3v) is 3.79. The maximum atomic E-state index is 8.75. The Morgan fingerprint density at radius 1 is 1.38 bits per heavy atom. The van der Waals surface area contributed by atoms with Gasteiger partial charge in [-0.05, 0) is 30.7 Å². The Labute approximate surface area is 128 Å². The van der Waals surface area contributed by atoms with Gasteiger partial charge in [-0.25, -0.2) is 4.98 Å². The van der Waals surface area contributed by atoms with Gasteiger partial charge in [0.05, 0.1) is 6.04 Å². The number of hydrogen-bond donors (Lipinski definition) is 2. The van der Waals surface area contributed by atoms with Gasteiger partial charge in [0.2, 0.25) is 0 Å². The van der Waals surface area contributed by atoms with Crippen LogP contribution < -0.4 is 10.6 Å². The molecule has 0 aliphatic heterocycles. The Morgan fingerprint density at radius 2 is 2.10 bits per heavy atom. The highest BCUT2D eigenvalue weighted by molar-refractivity contribution is 6.31. The van der Waals surface area contributed by atoms with Gasteiger partial charge in [0, 0.05) is 23.8 Å². The second-order valence-corrected chi connectivity index (χ2v) is 5.10. The number of nitrogens with zero attached hydrogens (tertiary/aromatic N) is 3. The normalized spacial score (nSPS) is 13.0. The van der Waals surface area contributed by atoms with Crippen molar-refractivity contribution in [1.29, 1.82) is 0 Å². The standard InChI is InChI=1S/C15H17ClN4O/c1-10(12-5-3-4-6-13(12)16)20(2)14-9-11(7-8-18-14)15(17)19-21/h3-10,21H,1-2H3,(H2,17,19). The molecular formula is C15H17ClN4O. The predicted octanol–water partition coefficient (Wildman–Crippen LogP) is 3.03. The summed E-state index contributed by atoms with van der Waals surface area (Å²) in [6, 6.07) is 11.2. The number of pyridine rings is 1. The molecule has 2 aromatic rings. The molecule has 6 heteroatoms. The summed E-state index contributed by atoms with van der Waals surface area (Å²) < 4.78 is 0. The van der Waals surface area contributed by atoms with Gasteiger partial charge in [-0.2, -0.15) is 0 Å². The molecule has 0 bridgehead atoms. The van der Waals surface area contributed by atoms with Crippen LogP contribution in [0.4, 0.5) is 5.82 Å². The Kier molecular flexibility index (Phi) is 4.65. The lowest BCUT2D eigenvalue weighted by molar-refractivity contribution is 0.318. The van der Waals surface area contributed by atoms with Gasteiger partial charge in [-0.3, -0.25) is 0 Å². The summed E-state index contributed by atoms with van der Waals surface area (Å²) in [6.07, 6.45) is 1.62. The Balaban J connectivity index is 2.32. The molecule has 0 amide bonds. The van der Waals surface area contributed by atoms with E-state index in [0.29, 0.717) is 16.4 Å². The minimum atomic E-state index is 0.0359. The molecular weight excluding hydrogens is 288 g/mol. The quantitative estimate of drug-likeness (QED) is 0.394. The molecule has 1 aromatic heterocycles. The lowest BCUT2D eigenvalue weighted by Gasteiger charge is -2.27. The lowest BCUT2D eigenvalue weighted by atomic mass is 10.1. The molecule has 5 nitrogen and oxygen atoms in total. The third kappa shape index (κ3) is 3.25. The van der Waals surface area contributed by atoms with Crippen LogP contribution in [0.15, 0.2) is 47.8 Å². The maximum Gasteiger partial charge on any atom is 0.170 e. The van der Waals surface area contributed by atoms with Crippen molar-refractivity contribution < 1.29 is 5.21 Å². The fourth-order valence-corrected chi connectivity index (χ4v) is 2.34. The van der Waals surface area contributed by atoms with E-state index < -0.39 is 0 Å². The molecule has 21 heavy (non-hydrogen) atoms. The summed E-state index contributed by atoms with van der Waals surface area (Å²) in [6.45, 7) is 2.04. The van der Waals surface area contributed by atoms with Gasteiger partial charge < -0.3 is 15.8 Å². The molecule has 1 aromatic carbocycles. The van der Waals surface area contributed by atoms with Crippen molar-refractivity contribution in [2.24, 2.45) is 10.9 Å². The van der Waals surface area contributed by atoms with E-state index in [1.54, 1.807) is 18.3 Å². The molecule has 0 radical (unpaired) electrons. The zero-order valence-corrected chi connectivity index (χ0v) is 12.6. The number of benzene rings is 1. The molecule has 1 atom stereocenters. The first-order chi connectivity index (χ1) is 10.0. The second kappa shape index (κ2) is 6.45. The summed E-state index contributed by atoms with van der Waals surface area (Å²) >= 11 is 6.24. The van der Waals surface area contributed by atoms with E-state index in [1.165, 1.54) is 0 Å². The van der Waals surface area contributed by atoms with Crippen LogP contribution in [0.25, 0.3) is 0 Å². The van der Waals surface area contributed by atoms with Crippen LogP contribution in [0.1, 0.15) is 24.1 Å². The monoisotopic (exact) mass is 304 g/mol. The number of hydrogen-bond acceptors (Lipinski definition) is 4. The van der Waals surface area contributed by atoms with Gasteiger partial charge in [-0.1, -0.05) is 35.0 Å². The van der Waals surface area contributed by atoms with Crippen LogP contribution in [0.2, 0.25) is 5.02 Å². The fraction of sp³-hybridized carbons (Fsp3) is 0.200. The van der Waals surface area contributed by atoms with Gasteiger partial charge in [-0.15, -0.1) is 0 Å². The minimum absolute atomic E-state index is 0.0359. The highest BCUT2D eigenvalue weighted by Gasteiger charge is 2.16. The zero-order valence-electron chi connectivity index (χ0n) is 11.9. The first kappa shape index (κ1) is 15.1. The minimum Gasteiger partial charge on any atom is -0.409 e. The number of halogens is 1. The van der Waals surface area contributed by atoms with Gasteiger partial charge in [0.25, 0.3) is 0 Å². The average Bonchev–Trinajstić information content (AvgIpc) is 2.53. The van der Waals surface area contributed by atoms with E-state index in [4.69, 9.17) is 22.5 Å². The van der Waals surface area contributed by atoms with E-state index in [0.717, 1.165) is 5.56 Å². The van der Waals surface area contributed by atoms with Crippen LogP contribution in [0.5, 0.6) is 0 Å². The molecule has 0 aliphatic carbocycles. The second-order valence-electron chi connectivity index (χ2n) is 4.70. The first-order valence-corrected chi connectivity index (χ1v) is 6.83. The summed E-state index contributed by atoms with van der Waals surface area (Å²) in [7, 11) is 1.92. The van der Waals surface area contributed by atoms with Crippen LogP contribution in [0.3, 0.4) is 0 Å². The largest absolute Gasteiger partial charge is 0.409 e. The van der Waals surface area contributed by atoms with Crippen LogP contribution in [-0.2, 0) is 0 Å². The van der Waals surface area contributed by atoms with E-state index in [2.05, 4.69) is 10.1 Å². The van der Waals surface area contributed by atoms with Crippen molar-refractivity contribution >= 4 is 23.3 Å². The van der Waals surface area contributed by atoms with Gasteiger partial charge in [0.15, 0.2) is 5.84 Å². The van der Waals surface area contributed by atoms with E-state index in [-0.39, 0.29) is 11.9 Å². The van der Waals surface area contributed by atoms with E-state index in [1.807, 2.05) is 43.1 Å². The molecule has 0 fully saturated rings. The van der Waals surface area contributed by atoms with Gasteiger partial charge >= 0.3 is 0 Å². The molecule has 2 rings (SSSR count). The van der Waals surface area contributed by atoms with Crippen LogP contribution in [0, 0.1) is 0 Å². The smallest absolute Gasteiger partial charge is 0.170 e. The highest BCUT2D eigenvalue weighted by atomic mass is 35.5. The molecule has 110 valence electrons. The highest BCUT2D eigenvalue weighted by Crippen LogP contribution is 2.29. The average molecular weight is 305 g/mol. The van der Waals surface area contributed by atoms with Gasteiger partial charge in [0.1, 0.15) is 5.82 Å². The van der Waals surface area contributed by atoms with Crippen molar-refractivity contribution in [2.75, 3.05) is 11.9 Å². The molecule has 3 N–H and O–H groups in total. The fourth-order valence-electron chi connectivity index (χ4n) is 2.05. The van der Waals surface area contributed by atoms with Crippen molar-refractivity contribution in [3.63, 3.8) is 0 Å². The summed E-state index contributed by atoms with van der Waals surface area (Å²) in [5, 5.41) is 12.5. The topological polar surface area (TPSA) is 74.7 Å². The molecule has 0 saturated carbocycles. The summed E-state index contributed by atoms with van der Waals surface area (Å²) in [4.78, 5) is 6.30. The first-order valence-electron chi connectivity index (χ1n) is 6.45. The third-order valence-electron chi connectivity index (χ3n) is 3.45. The van der Waals surface area contributed by atoms with Crippen molar-refractivity contribution in [3.8, 4) is 0 Å². The Bertz CT molecular complexity index is 660. The molecule has 1 unspecified atom stereocenters. The molecule has 0 aliphatic rings. The predicted molar refractivity (Wildman–Crippen MR) is 85.0 cm³/mol. The number of aromatic nitrogens is 1. The summed E-state index contributed by atoms with van der Waals surface area (Å²) in [5.74, 6) is 0.768. The maximum absolute atomic E-state index is 8.75.